The predicted octanol–water partition coefficient (Wildman–Crippen LogP) is 5.17. The fourth-order valence-electron chi connectivity index (χ4n) is 3.22. The van der Waals surface area contributed by atoms with Gasteiger partial charge in [-0.15, -0.1) is 0 Å². The quantitative estimate of drug-likeness (QED) is 0.368. The first kappa shape index (κ1) is 22.6. The highest BCUT2D eigenvalue weighted by Gasteiger charge is 2.21. The highest BCUT2D eigenvalue weighted by atomic mass is 16.6. The van der Waals surface area contributed by atoms with E-state index in [1.165, 1.54) is 25.3 Å². The zero-order chi connectivity index (χ0) is 23.1. The number of benzene rings is 3. The van der Waals surface area contributed by atoms with E-state index >= 15 is 0 Å². The molecule has 0 aliphatic heterocycles. The Morgan fingerprint density at radius 2 is 1.66 bits per heavy atom. The highest BCUT2D eigenvalue weighted by Crippen LogP contribution is 2.31. The minimum atomic E-state index is -0.520. The van der Waals surface area contributed by atoms with Crippen LogP contribution >= 0.6 is 0 Å². The SMILES string of the molecule is COc1cc([N+](=O)[O-])ccc1OCC(=O)N(c1ccc(Nc2ccccc2)cc1)C(C)C. The van der Waals surface area contributed by atoms with Gasteiger partial charge in [0.15, 0.2) is 18.1 Å². The molecule has 3 aromatic rings. The lowest BCUT2D eigenvalue weighted by Gasteiger charge is -2.27. The zero-order valence-corrected chi connectivity index (χ0v) is 18.1. The molecule has 32 heavy (non-hydrogen) atoms. The van der Waals surface area contributed by atoms with Gasteiger partial charge in [-0.25, -0.2) is 0 Å². The maximum atomic E-state index is 12.9. The third-order valence-corrected chi connectivity index (χ3v) is 4.70. The smallest absolute Gasteiger partial charge is 0.273 e. The van der Waals surface area contributed by atoms with Crippen molar-refractivity contribution in [2.75, 3.05) is 23.9 Å². The molecule has 1 N–H and O–H groups in total. The van der Waals surface area contributed by atoms with E-state index in [1.54, 1.807) is 4.90 Å². The predicted molar refractivity (Wildman–Crippen MR) is 124 cm³/mol. The third kappa shape index (κ3) is 5.54. The zero-order valence-electron chi connectivity index (χ0n) is 18.1. The second-order valence-electron chi connectivity index (χ2n) is 7.28. The first-order chi connectivity index (χ1) is 15.4. The van der Waals surface area contributed by atoms with Crippen LogP contribution < -0.4 is 19.7 Å². The molecule has 0 aromatic heterocycles. The molecule has 8 nitrogen and oxygen atoms in total. The molecule has 0 radical (unpaired) electrons. The third-order valence-electron chi connectivity index (χ3n) is 4.70. The Hall–Kier alpha value is -4.07. The number of carbonyl (C=O) groups is 1. The molecular formula is C24H25N3O5. The van der Waals surface area contributed by atoms with E-state index in [9.17, 15) is 14.9 Å². The van der Waals surface area contributed by atoms with Crippen LogP contribution in [0, 0.1) is 10.1 Å². The lowest BCUT2D eigenvalue weighted by atomic mass is 10.2. The monoisotopic (exact) mass is 435 g/mol. The molecule has 0 unspecified atom stereocenters. The average Bonchev–Trinajstić information content (AvgIpc) is 2.79. The normalized spacial score (nSPS) is 10.5. The maximum absolute atomic E-state index is 12.9. The molecule has 3 aromatic carbocycles. The average molecular weight is 435 g/mol. The van der Waals surface area contributed by atoms with E-state index in [2.05, 4.69) is 5.32 Å². The van der Waals surface area contributed by atoms with E-state index in [0.29, 0.717) is 0 Å². The summed E-state index contributed by atoms with van der Waals surface area (Å²) >= 11 is 0. The first-order valence-corrected chi connectivity index (χ1v) is 10.1. The van der Waals surface area contributed by atoms with E-state index in [4.69, 9.17) is 9.47 Å². The van der Waals surface area contributed by atoms with E-state index in [0.717, 1.165) is 17.1 Å². The van der Waals surface area contributed by atoms with Crippen LogP contribution in [0.25, 0.3) is 0 Å². The van der Waals surface area contributed by atoms with Crippen LogP contribution in [0.1, 0.15) is 13.8 Å². The maximum Gasteiger partial charge on any atom is 0.273 e. The summed E-state index contributed by atoms with van der Waals surface area (Å²) in [5, 5.41) is 14.2. The summed E-state index contributed by atoms with van der Waals surface area (Å²) in [5.41, 5.74) is 2.50. The van der Waals surface area contributed by atoms with Crippen molar-refractivity contribution >= 4 is 28.7 Å². The van der Waals surface area contributed by atoms with E-state index in [1.807, 2.05) is 68.4 Å². The van der Waals surface area contributed by atoms with Gasteiger partial charge in [0.05, 0.1) is 18.1 Å². The van der Waals surface area contributed by atoms with E-state index in [-0.39, 0.29) is 35.7 Å². The van der Waals surface area contributed by atoms with Gasteiger partial charge in [-0.05, 0) is 56.3 Å². The number of nitrogens with zero attached hydrogens (tertiary/aromatic N) is 2. The number of carbonyl (C=O) groups excluding carboxylic acids is 1. The molecule has 166 valence electrons. The molecule has 8 heteroatoms. The molecule has 0 aliphatic rings. The topological polar surface area (TPSA) is 93.9 Å². The highest BCUT2D eigenvalue weighted by molar-refractivity contribution is 5.95. The van der Waals surface area contributed by atoms with Crippen LogP contribution in [-0.4, -0.2) is 30.6 Å². The van der Waals surface area contributed by atoms with Gasteiger partial charge in [-0.2, -0.15) is 0 Å². The van der Waals surface area contributed by atoms with Gasteiger partial charge in [0, 0.05) is 29.2 Å². The number of amides is 1. The second kappa shape index (κ2) is 10.3. The van der Waals surface area contributed by atoms with Crippen molar-refractivity contribution in [1.82, 2.24) is 0 Å². The van der Waals surface area contributed by atoms with Gasteiger partial charge >= 0.3 is 0 Å². The van der Waals surface area contributed by atoms with Gasteiger partial charge in [0.2, 0.25) is 0 Å². The molecule has 0 aliphatic carbocycles. The number of methoxy groups -OCH3 is 1. The second-order valence-corrected chi connectivity index (χ2v) is 7.28. The van der Waals surface area contributed by atoms with Crippen LogP contribution in [0.5, 0.6) is 11.5 Å². The molecule has 0 heterocycles. The Labute approximate surface area is 186 Å². The molecule has 1 amide bonds. The number of hydrogen-bond acceptors (Lipinski definition) is 6. The molecule has 0 saturated heterocycles. The number of ether oxygens (including phenoxy) is 2. The van der Waals surface area contributed by atoms with E-state index < -0.39 is 4.92 Å². The number of anilines is 3. The van der Waals surface area contributed by atoms with Crippen molar-refractivity contribution in [2.45, 2.75) is 19.9 Å². The summed E-state index contributed by atoms with van der Waals surface area (Å²) in [5.74, 6) is 0.209. The van der Waals surface area contributed by atoms with Gasteiger partial charge in [0.1, 0.15) is 0 Å². The number of non-ortho nitro benzene ring substituents is 1. The summed E-state index contributed by atoms with van der Waals surface area (Å²) in [6.45, 7) is 3.59. The molecular weight excluding hydrogens is 410 g/mol. The first-order valence-electron chi connectivity index (χ1n) is 10.1. The van der Waals surface area contributed by atoms with Gasteiger partial charge in [-0.1, -0.05) is 18.2 Å². The van der Waals surface area contributed by atoms with Crippen LogP contribution in [0.4, 0.5) is 22.7 Å². The summed E-state index contributed by atoms with van der Waals surface area (Å²) in [6.07, 6.45) is 0. The van der Waals surface area contributed by atoms with Crippen LogP contribution in [-0.2, 0) is 4.79 Å². The summed E-state index contributed by atoms with van der Waals surface area (Å²) in [4.78, 5) is 25.0. The molecule has 0 spiro atoms. The van der Waals surface area contributed by atoms with Crippen molar-refractivity contribution in [3.8, 4) is 11.5 Å². The Bertz CT molecular complexity index is 1070. The van der Waals surface area contributed by atoms with Crippen molar-refractivity contribution in [2.24, 2.45) is 0 Å². The number of nitro groups is 1. The van der Waals surface area contributed by atoms with Crippen molar-refractivity contribution in [3.63, 3.8) is 0 Å². The van der Waals surface area contributed by atoms with Crippen molar-refractivity contribution in [3.05, 3.63) is 82.9 Å². The Morgan fingerprint density at radius 3 is 2.25 bits per heavy atom. The van der Waals surface area contributed by atoms with Gasteiger partial charge in [-0.3, -0.25) is 14.9 Å². The van der Waals surface area contributed by atoms with Gasteiger partial charge < -0.3 is 19.7 Å². The summed E-state index contributed by atoms with van der Waals surface area (Å²) < 4.78 is 10.8. The molecule has 0 bridgehead atoms. The molecule has 0 saturated carbocycles. The molecule has 0 atom stereocenters. The van der Waals surface area contributed by atoms with Crippen LogP contribution in [0.2, 0.25) is 0 Å². The fourth-order valence-corrected chi connectivity index (χ4v) is 3.22. The Balaban J connectivity index is 1.70. The molecule has 0 fully saturated rings. The minimum absolute atomic E-state index is 0.0993. The summed E-state index contributed by atoms with van der Waals surface area (Å²) in [6, 6.07) is 21.3. The number of rotatable bonds is 9. The standard InChI is InChI=1S/C24H25N3O5/c1-17(2)26(20-11-9-19(10-12-20)25-18-7-5-4-6-8-18)24(28)16-32-22-14-13-21(27(29)30)15-23(22)31-3/h4-15,17,25H,16H2,1-3H3. The summed E-state index contributed by atoms with van der Waals surface area (Å²) in [7, 11) is 1.39. The number of nitrogens with one attached hydrogen (secondary N) is 1. The lowest BCUT2D eigenvalue weighted by Crippen LogP contribution is -2.40. The van der Waals surface area contributed by atoms with Crippen molar-refractivity contribution in [1.29, 1.82) is 0 Å². The fraction of sp³-hybridized carbons (Fsp3) is 0.208. The molecule has 3 rings (SSSR count). The Kier molecular flexibility index (Phi) is 7.28. The van der Waals surface area contributed by atoms with Crippen LogP contribution in [0.3, 0.4) is 0 Å². The van der Waals surface area contributed by atoms with Crippen LogP contribution in [0.15, 0.2) is 72.8 Å². The largest absolute Gasteiger partial charge is 0.493 e. The van der Waals surface area contributed by atoms with Crippen molar-refractivity contribution < 1.29 is 19.2 Å². The van der Waals surface area contributed by atoms with Gasteiger partial charge in [0.25, 0.3) is 11.6 Å². The Morgan fingerprint density at radius 1 is 1.00 bits per heavy atom. The number of hydrogen-bond donors (Lipinski definition) is 1. The minimum Gasteiger partial charge on any atom is -0.493 e. The number of nitro benzene ring substituents is 1. The lowest BCUT2D eigenvalue weighted by molar-refractivity contribution is -0.384. The number of para-hydroxylation sites is 1.